The second-order valence-corrected chi connectivity index (χ2v) is 6.57. The van der Waals surface area contributed by atoms with Crippen molar-refractivity contribution >= 4 is 11.7 Å². The van der Waals surface area contributed by atoms with Crippen LogP contribution in [0, 0.1) is 0 Å². The van der Waals surface area contributed by atoms with Gasteiger partial charge < -0.3 is 15.5 Å². The molecule has 2 amide bonds. The minimum atomic E-state index is -0.180. The smallest absolute Gasteiger partial charge is 0.315 e. The van der Waals surface area contributed by atoms with E-state index in [-0.39, 0.29) is 6.03 Å². The van der Waals surface area contributed by atoms with Crippen LogP contribution in [-0.2, 0) is 19.6 Å². The maximum Gasteiger partial charge on any atom is 0.315 e. The van der Waals surface area contributed by atoms with Gasteiger partial charge in [0, 0.05) is 45.3 Å². The van der Waals surface area contributed by atoms with E-state index in [2.05, 4.69) is 21.8 Å². The molecular formula is C21H25N5O. The number of benzene rings is 2. The van der Waals surface area contributed by atoms with Crippen LogP contribution in [0.2, 0.25) is 0 Å². The lowest BCUT2D eigenvalue weighted by molar-refractivity contribution is 0.240. The van der Waals surface area contributed by atoms with Crippen molar-refractivity contribution < 1.29 is 4.79 Å². The topological polar surface area (TPSA) is 62.2 Å². The van der Waals surface area contributed by atoms with Crippen LogP contribution in [-0.4, -0.2) is 29.9 Å². The van der Waals surface area contributed by atoms with Crippen molar-refractivity contribution in [3.8, 4) is 0 Å². The Hall–Kier alpha value is -3.28. The van der Waals surface area contributed by atoms with E-state index in [1.165, 1.54) is 0 Å². The minimum Gasteiger partial charge on any atom is -0.378 e. The molecule has 1 heterocycles. The van der Waals surface area contributed by atoms with Crippen molar-refractivity contribution in [2.45, 2.75) is 19.6 Å². The molecule has 140 valence electrons. The molecule has 27 heavy (non-hydrogen) atoms. The van der Waals surface area contributed by atoms with Gasteiger partial charge in [0.2, 0.25) is 0 Å². The number of nitrogens with one attached hydrogen (secondary N) is 2. The van der Waals surface area contributed by atoms with E-state index in [1.54, 1.807) is 6.20 Å². The Morgan fingerprint density at radius 1 is 0.963 bits per heavy atom. The summed E-state index contributed by atoms with van der Waals surface area (Å²) in [7, 11) is 4.01. The normalized spacial score (nSPS) is 10.4. The number of urea groups is 1. The molecule has 0 unspecified atom stereocenters. The number of carbonyl (C=O) groups is 1. The van der Waals surface area contributed by atoms with E-state index in [0.29, 0.717) is 19.6 Å². The lowest BCUT2D eigenvalue weighted by atomic mass is 10.1. The van der Waals surface area contributed by atoms with Gasteiger partial charge in [-0.25, -0.2) is 4.79 Å². The van der Waals surface area contributed by atoms with Gasteiger partial charge in [-0.3, -0.25) is 4.68 Å². The van der Waals surface area contributed by atoms with Gasteiger partial charge >= 0.3 is 6.03 Å². The zero-order valence-electron chi connectivity index (χ0n) is 15.7. The van der Waals surface area contributed by atoms with Gasteiger partial charge in [-0.1, -0.05) is 36.4 Å². The van der Waals surface area contributed by atoms with E-state index in [1.807, 2.05) is 78.4 Å². The molecule has 0 aliphatic rings. The minimum absolute atomic E-state index is 0.180. The average Bonchev–Trinajstić information content (AvgIpc) is 3.19. The summed E-state index contributed by atoms with van der Waals surface area (Å²) < 4.78 is 1.87. The molecule has 0 atom stereocenters. The van der Waals surface area contributed by atoms with Crippen molar-refractivity contribution in [3.63, 3.8) is 0 Å². The zero-order valence-corrected chi connectivity index (χ0v) is 15.7. The van der Waals surface area contributed by atoms with Crippen molar-refractivity contribution in [2.75, 3.05) is 19.0 Å². The van der Waals surface area contributed by atoms with Gasteiger partial charge in [-0.15, -0.1) is 0 Å². The molecule has 0 saturated heterocycles. The van der Waals surface area contributed by atoms with Crippen LogP contribution >= 0.6 is 0 Å². The number of anilines is 1. The Morgan fingerprint density at radius 2 is 1.67 bits per heavy atom. The first-order valence-electron chi connectivity index (χ1n) is 8.94. The molecule has 6 nitrogen and oxygen atoms in total. The Bertz CT molecular complexity index is 857. The second-order valence-electron chi connectivity index (χ2n) is 6.57. The molecule has 0 spiro atoms. The summed E-state index contributed by atoms with van der Waals surface area (Å²) in [5, 5.41) is 10.1. The number of carbonyl (C=O) groups excluding carboxylic acids is 1. The van der Waals surface area contributed by atoms with Gasteiger partial charge in [-0.2, -0.15) is 5.10 Å². The van der Waals surface area contributed by atoms with Gasteiger partial charge in [-0.05, 0) is 34.9 Å². The largest absolute Gasteiger partial charge is 0.378 e. The lowest BCUT2D eigenvalue weighted by Crippen LogP contribution is -2.34. The maximum atomic E-state index is 12.1. The van der Waals surface area contributed by atoms with Crippen molar-refractivity contribution in [2.24, 2.45) is 0 Å². The van der Waals surface area contributed by atoms with Crippen molar-refractivity contribution in [1.82, 2.24) is 20.4 Å². The van der Waals surface area contributed by atoms with Gasteiger partial charge in [0.05, 0.1) is 6.54 Å². The zero-order chi connectivity index (χ0) is 19.1. The first-order valence-corrected chi connectivity index (χ1v) is 8.94. The quantitative estimate of drug-likeness (QED) is 0.678. The molecule has 0 aliphatic heterocycles. The second kappa shape index (κ2) is 8.89. The summed E-state index contributed by atoms with van der Waals surface area (Å²) >= 11 is 0. The third kappa shape index (κ3) is 5.34. The highest BCUT2D eigenvalue weighted by Gasteiger charge is 2.06. The molecule has 0 fully saturated rings. The Labute approximate surface area is 159 Å². The fraction of sp³-hybridized carbons (Fsp3) is 0.238. The van der Waals surface area contributed by atoms with Gasteiger partial charge in [0.1, 0.15) is 0 Å². The third-order valence-corrected chi connectivity index (χ3v) is 4.36. The fourth-order valence-corrected chi connectivity index (χ4v) is 2.78. The van der Waals surface area contributed by atoms with E-state index >= 15 is 0 Å². The predicted molar refractivity (Wildman–Crippen MR) is 108 cm³/mol. The molecule has 6 heteroatoms. The van der Waals surface area contributed by atoms with E-state index in [9.17, 15) is 4.79 Å². The highest BCUT2D eigenvalue weighted by Crippen LogP contribution is 2.12. The highest BCUT2D eigenvalue weighted by atomic mass is 16.2. The monoisotopic (exact) mass is 363 g/mol. The summed E-state index contributed by atoms with van der Waals surface area (Å²) in [5.74, 6) is 0. The summed E-state index contributed by atoms with van der Waals surface area (Å²) in [6, 6.07) is 17.9. The first kappa shape index (κ1) is 18.5. The van der Waals surface area contributed by atoms with Crippen LogP contribution in [0.1, 0.15) is 16.7 Å². The van der Waals surface area contributed by atoms with E-state index in [4.69, 9.17) is 0 Å². The molecule has 1 aromatic heterocycles. The molecule has 0 aliphatic carbocycles. The molecule has 2 N–H and O–H groups in total. The molecule has 2 aromatic carbocycles. The number of rotatable bonds is 7. The van der Waals surface area contributed by atoms with Crippen molar-refractivity contribution in [1.29, 1.82) is 0 Å². The standard InChI is InChI=1S/C21H25N5O/c1-25(2)20-10-8-17(9-11-20)14-22-21(27)23-15-18-6-3-4-7-19(18)16-26-13-5-12-24-26/h3-13H,14-16H2,1-2H3,(H2,22,23,27). The SMILES string of the molecule is CN(C)c1ccc(CNC(=O)NCc2ccccc2Cn2cccn2)cc1. The molecule has 0 saturated carbocycles. The van der Waals surface area contributed by atoms with Crippen LogP contribution in [0.15, 0.2) is 67.0 Å². The Morgan fingerprint density at radius 3 is 2.33 bits per heavy atom. The third-order valence-electron chi connectivity index (χ3n) is 4.36. The Balaban J connectivity index is 1.50. The van der Waals surface area contributed by atoms with Crippen molar-refractivity contribution in [3.05, 3.63) is 83.7 Å². The lowest BCUT2D eigenvalue weighted by Gasteiger charge is -2.13. The molecule has 3 rings (SSSR count). The summed E-state index contributed by atoms with van der Waals surface area (Å²) in [6.07, 6.45) is 3.69. The van der Waals surface area contributed by atoms with Crippen LogP contribution in [0.4, 0.5) is 10.5 Å². The van der Waals surface area contributed by atoms with E-state index < -0.39 is 0 Å². The molecular weight excluding hydrogens is 338 g/mol. The summed E-state index contributed by atoms with van der Waals surface area (Å²) in [6.45, 7) is 1.65. The maximum absolute atomic E-state index is 12.1. The number of hydrogen-bond acceptors (Lipinski definition) is 3. The fourth-order valence-electron chi connectivity index (χ4n) is 2.78. The number of hydrogen-bond donors (Lipinski definition) is 2. The molecule has 3 aromatic rings. The Kier molecular flexibility index (Phi) is 6.10. The highest BCUT2D eigenvalue weighted by molar-refractivity contribution is 5.73. The molecule has 0 radical (unpaired) electrons. The van der Waals surface area contributed by atoms with Crippen LogP contribution < -0.4 is 15.5 Å². The van der Waals surface area contributed by atoms with Crippen LogP contribution in [0.25, 0.3) is 0 Å². The predicted octanol–water partition coefficient (Wildman–Crippen LogP) is 3.00. The number of aromatic nitrogens is 2. The number of nitrogens with zero attached hydrogens (tertiary/aromatic N) is 3. The van der Waals surface area contributed by atoms with Crippen LogP contribution in [0.3, 0.4) is 0 Å². The summed E-state index contributed by atoms with van der Waals surface area (Å²) in [5.41, 5.74) is 4.42. The van der Waals surface area contributed by atoms with E-state index in [0.717, 1.165) is 22.4 Å². The van der Waals surface area contributed by atoms with Gasteiger partial charge in [0.25, 0.3) is 0 Å². The molecule has 0 bridgehead atoms. The number of amides is 2. The summed E-state index contributed by atoms with van der Waals surface area (Å²) in [4.78, 5) is 14.2. The average molecular weight is 363 g/mol. The first-order chi connectivity index (χ1) is 13.1. The van der Waals surface area contributed by atoms with Crippen LogP contribution in [0.5, 0.6) is 0 Å². The van der Waals surface area contributed by atoms with Gasteiger partial charge in [0.15, 0.2) is 0 Å².